The number of hydrogen-bond donors (Lipinski definition) is 1. The predicted octanol–water partition coefficient (Wildman–Crippen LogP) is 2.96. The van der Waals surface area contributed by atoms with Crippen molar-refractivity contribution in [1.82, 2.24) is 9.55 Å². The first-order chi connectivity index (χ1) is 14.0. The van der Waals surface area contributed by atoms with Crippen molar-refractivity contribution in [2.24, 2.45) is 5.73 Å². The van der Waals surface area contributed by atoms with Gasteiger partial charge in [-0.3, -0.25) is 9.78 Å². The molecule has 1 aliphatic rings. The molecule has 0 saturated carbocycles. The molecule has 3 heterocycles. The zero-order chi connectivity index (χ0) is 20.5. The molecule has 3 aromatic rings. The Bertz CT molecular complexity index is 1210. The number of rotatable bonds is 3. The van der Waals surface area contributed by atoms with E-state index in [-0.39, 0.29) is 23.6 Å². The minimum atomic E-state index is -0.743. The van der Waals surface area contributed by atoms with Gasteiger partial charge < -0.3 is 15.0 Å². The third kappa shape index (κ3) is 3.25. The molecule has 7 heteroatoms. The normalized spacial score (nSPS) is 15.4. The molecule has 0 unspecified atom stereocenters. The lowest BCUT2D eigenvalue weighted by molar-refractivity contribution is 0.389. The van der Waals surface area contributed by atoms with Crippen LogP contribution < -0.4 is 16.0 Å². The Morgan fingerprint density at radius 1 is 1.28 bits per heavy atom. The number of nitrogens with zero attached hydrogens (tertiary/aromatic N) is 3. The minimum Gasteiger partial charge on any atom is -0.440 e. The van der Waals surface area contributed by atoms with Crippen LogP contribution in [0.4, 0.5) is 4.39 Å². The summed E-state index contributed by atoms with van der Waals surface area (Å²) in [5.41, 5.74) is 8.06. The maximum absolute atomic E-state index is 13.5. The van der Waals surface area contributed by atoms with E-state index in [0.717, 1.165) is 5.69 Å². The first kappa shape index (κ1) is 18.4. The highest BCUT2D eigenvalue weighted by Crippen LogP contribution is 2.40. The van der Waals surface area contributed by atoms with Crippen LogP contribution in [0.15, 0.2) is 71.0 Å². The number of aryl methyl sites for hydroxylation is 1. The molecule has 4 rings (SSSR count). The Kier molecular flexibility index (Phi) is 4.61. The van der Waals surface area contributed by atoms with Gasteiger partial charge in [0.2, 0.25) is 5.88 Å². The van der Waals surface area contributed by atoms with Crippen molar-refractivity contribution in [2.45, 2.75) is 19.4 Å². The highest BCUT2D eigenvalue weighted by molar-refractivity contribution is 5.55. The van der Waals surface area contributed by atoms with Crippen LogP contribution in [0.25, 0.3) is 0 Å². The van der Waals surface area contributed by atoms with E-state index in [4.69, 9.17) is 10.5 Å². The first-order valence-corrected chi connectivity index (χ1v) is 8.97. The standard InChI is InChI=1S/C22H17FN4O2/c1-13-10-18-20(22(28)27(13)12-16-4-2-3-9-26-16)19(17(11-24)21(25)29-18)14-5-7-15(23)8-6-14/h2-10,19H,12,25H2,1H3/t19-/m0/s1. The minimum absolute atomic E-state index is 0.0596. The third-order valence-electron chi connectivity index (χ3n) is 4.94. The molecule has 0 fully saturated rings. The maximum atomic E-state index is 13.5. The highest BCUT2D eigenvalue weighted by atomic mass is 19.1. The molecule has 0 bridgehead atoms. The highest BCUT2D eigenvalue weighted by Gasteiger charge is 2.34. The van der Waals surface area contributed by atoms with E-state index in [1.54, 1.807) is 42.0 Å². The van der Waals surface area contributed by atoms with Crippen molar-refractivity contribution in [3.05, 3.63) is 105 Å². The second-order valence-electron chi connectivity index (χ2n) is 6.75. The fourth-order valence-corrected chi connectivity index (χ4v) is 3.52. The van der Waals surface area contributed by atoms with Gasteiger partial charge in [0.15, 0.2) is 0 Å². The molecule has 29 heavy (non-hydrogen) atoms. The molecule has 1 atom stereocenters. The van der Waals surface area contributed by atoms with E-state index >= 15 is 0 Å². The van der Waals surface area contributed by atoms with E-state index in [0.29, 0.717) is 22.6 Å². The molecular formula is C22H17FN4O2. The number of benzene rings is 1. The summed E-state index contributed by atoms with van der Waals surface area (Å²) in [7, 11) is 0. The second-order valence-corrected chi connectivity index (χ2v) is 6.75. The lowest BCUT2D eigenvalue weighted by Crippen LogP contribution is -2.33. The summed E-state index contributed by atoms with van der Waals surface area (Å²) in [5.74, 6) is -0.911. The van der Waals surface area contributed by atoms with E-state index in [1.165, 1.54) is 12.1 Å². The third-order valence-corrected chi connectivity index (χ3v) is 4.94. The van der Waals surface area contributed by atoms with Gasteiger partial charge in [-0.2, -0.15) is 5.26 Å². The molecule has 0 spiro atoms. The van der Waals surface area contributed by atoms with E-state index < -0.39 is 11.7 Å². The molecule has 0 radical (unpaired) electrons. The quantitative estimate of drug-likeness (QED) is 0.744. The van der Waals surface area contributed by atoms with Crippen LogP contribution in [0, 0.1) is 24.1 Å². The Morgan fingerprint density at radius 2 is 2.03 bits per heavy atom. The predicted molar refractivity (Wildman–Crippen MR) is 104 cm³/mol. The summed E-state index contributed by atoms with van der Waals surface area (Å²) in [6, 6.07) is 14.9. The molecular weight excluding hydrogens is 371 g/mol. The first-order valence-electron chi connectivity index (χ1n) is 8.97. The summed E-state index contributed by atoms with van der Waals surface area (Å²) >= 11 is 0. The van der Waals surface area contributed by atoms with Crippen molar-refractivity contribution in [3.63, 3.8) is 0 Å². The number of halogens is 1. The van der Waals surface area contributed by atoms with E-state index in [1.807, 2.05) is 18.2 Å². The Morgan fingerprint density at radius 3 is 2.69 bits per heavy atom. The molecule has 1 aromatic carbocycles. The lowest BCUT2D eigenvalue weighted by atomic mass is 9.84. The number of aromatic nitrogens is 2. The summed E-state index contributed by atoms with van der Waals surface area (Å²) in [5, 5.41) is 9.66. The van der Waals surface area contributed by atoms with Gasteiger partial charge in [0.25, 0.3) is 5.56 Å². The number of pyridine rings is 2. The van der Waals surface area contributed by atoms with Crippen molar-refractivity contribution in [3.8, 4) is 11.8 Å². The van der Waals surface area contributed by atoms with Crippen LogP contribution in [-0.2, 0) is 6.54 Å². The van der Waals surface area contributed by atoms with Crippen molar-refractivity contribution >= 4 is 0 Å². The van der Waals surface area contributed by atoms with Crippen molar-refractivity contribution in [1.29, 1.82) is 5.26 Å². The number of nitriles is 1. The fraction of sp³-hybridized carbons (Fsp3) is 0.136. The van der Waals surface area contributed by atoms with Gasteiger partial charge in [-0.15, -0.1) is 0 Å². The van der Waals surface area contributed by atoms with Gasteiger partial charge in [-0.1, -0.05) is 18.2 Å². The van der Waals surface area contributed by atoms with Gasteiger partial charge in [0, 0.05) is 18.0 Å². The fourth-order valence-electron chi connectivity index (χ4n) is 3.52. The largest absolute Gasteiger partial charge is 0.440 e. The average Bonchev–Trinajstić information content (AvgIpc) is 2.71. The van der Waals surface area contributed by atoms with E-state index in [2.05, 4.69) is 4.98 Å². The molecule has 144 valence electrons. The summed E-state index contributed by atoms with van der Waals surface area (Å²) < 4.78 is 20.6. The van der Waals surface area contributed by atoms with Gasteiger partial charge in [0.05, 0.1) is 23.7 Å². The van der Waals surface area contributed by atoms with Crippen LogP contribution in [-0.4, -0.2) is 9.55 Å². The maximum Gasteiger partial charge on any atom is 0.259 e. The number of hydrogen-bond acceptors (Lipinski definition) is 5. The van der Waals surface area contributed by atoms with Crippen LogP contribution in [0.3, 0.4) is 0 Å². The molecule has 1 aliphatic heterocycles. The Hall–Kier alpha value is -3.92. The van der Waals surface area contributed by atoms with Crippen LogP contribution in [0.1, 0.15) is 28.4 Å². The van der Waals surface area contributed by atoms with Crippen LogP contribution in [0.2, 0.25) is 0 Å². The van der Waals surface area contributed by atoms with Crippen LogP contribution in [0.5, 0.6) is 5.75 Å². The number of ether oxygens (including phenoxy) is 1. The molecule has 6 nitrogen and oxygen atoms in total. The van der Waals surface area contributed by atoms with Gasteiger partial charge in [-0.25, -0.2) is 4.39 Å². The SMILES string of the molecule is Cc1cc2c(c(=O)n1Cc1ccccn1)[C@@H](c1ccc(F)cc1)C(C#N)=C(N)O2. The zero-order valence-electron chi connectivity index (χ0n) is 15.6. The molecule has 0 aliphatic carbocycles. The number of nitrogens with two attached hydrogens (primary N) is 1. The Labute approximate surface area is 166 Å². The Balaban J connectivity index is 1.92. The zero-order valence-corrected chi connectivity index (χ0v) is 15.6. The smallest absolute Gasteiger partial charge is 0.259 e. The monoisotopic (exact) mass is 388 g/mol. The molecule has 2 N–H and O–H groups in total. The number of allylic oxidation sites excluding steroid dienone is 1. The summed E-state index contributed by atoms with van der Waals surface area (Å²) in [6.45, 7) is 2.07. The van der Waals surface area contributed by atoms with Gasteiger partial charge >= 0.3 is 0 Å². The van der Waals surface area contributed by atoms with E-state index in [9.17, 15) is 14.4 Å². The summed E-state index contributed by atoms with van der Waals surface area (Å²) in [4.78, 5) is 17.7. The summed E-state index contributed by atoms with van der Waals surface area (Å²) in [6.07, 6.45) is 1.66. The molecule has 2 aromatic heterocycles. The van der Waals surface area contributed by atoms with Gasteiger partial charge in [-0.05, 0) is 36.8 Å². The van der Waals surface area contributed by atoms with Crippen LogP contribution >= 0.6 is 0 Å². The van der Waals surface area contributed by atoms with Gasteiger partial charge in [0.1, 0.15) is 23.2 Å². The average molecular weight is 388 g/mol. The van der Waals surface area contributed by atoms with Crippen molar-refractivity contribution < 1.29 is 9.13 Å². The lowest BCUT2D eigenvalue weighted by Gasteiger charge is -2.27. The van der Waals surface area contributed by atoms with Crippen molar-refractivity contribution in [2.75, 3.05) is 0 Å². The topological polar surface area (TPSA) is 93.9 Å². The number of fused-ring (bicyclic) bond motifs is 1. The molecule has 0 saturated heterocycles. The second kappa shape index (κ2) is 7.24. The molecule has 0 amide bonds.